The van der Waals surface area contributed by atoms with Crippen molar-refractivity contribution >= 4 is 35.1 Å². The summed E-state index contributed by atoms with van der Waals surface area (Å²) in [5, 5.41) is 0.688. The van der Waals surface area contributed by atoms with Crippen LogP contribution in [0.2, 0.25) is 10.0 Å². The summed E-state index contributed by atoms with van der Waals surface area (Å²) in [7, 11) is 1.39. The number of amides is 1. The van der Waals surface area contributed by atoms with Crippen LogP contribution in [0.25, 0.3) is 0 Å². The molecule has 150 valence electrons. The molecule has 0 aromatic heterocycles. The van der Waals surface area contributed by atoms with Gasteiger partial charge in [-0.25, -0.2) is 4.79 Å². The lowest BCUT2D eigenvalue weighted by atomic mass is 10.0. The van der Waals surface area contributed by atoms with E-state index in [2.05, 4.69) is 0 Å². The van der Waals surface area contributed by atoms with Gasteiger partial charge in [0.15, 0.2) is 18.1 Å². The van der Waals surface area contributed by atoms with Gasteiger partial charge in [-0.15, -0.1) is 0 Å². The van der Waals surface area contributed by atoms with E-state index in [4.69, 9.17) is 43.1 Å². The third-order valence-corrected chi connectivity index (χ3v) is 4.63. The first-order chi connectivity index (χ1) is 13.1. The number of aryl methyl sites for hydroxylation is 1. The largest absolute Gasteiger partial charge is 0.493 e. The maximum absolute atomic E-state index is 12.7. The third kappa shape index (κ3) is 5.09. The molecule has 2 N–H and O–H groups in total. The highest BCUT2D eigenvalue weighted by molar-refractivity contribution is 6.32. The molecule has 0 fully saturated rings. The van der Waals surface area contributed by atoms with Gasteiger partial charge in [0.2, 0.25) is 0 Å². The Hall–Kier alpha value is -2.44. The summed E-state index contributed by atoms with van der Waals surface area (Å²) in [6, 6.07) is 6.31. The highest BCUT2D eigenvalue weighted by atomic mass is 35.5. The van der Waals surface area contributed by atoms with Gasteiger partial charge < -0.3 is 19.9 Å². The molecule has 0 heterocycles. The maximum Gasteiger partial charge on any atom is 0.343 e. The number of hydrogen-bond acceptors (Lipinski definition) is 5. The van der Waals surface area contributed by atoms with Gasteiger partial charge in [-0.05, 0) is 48.2 Å². The summed E-state index contributed by atoms with van der Waals surface area (Å²) < 4.78 is 16.1. The molecule has 0 radical (unpaired) electrons. The SMILES string of the molecule is COc1cc(C(=O)Oc2cc(C)c(Cl)cc2C(C)C)cc(Cl)c1OCC(N)=O. The van der Waals surface area contributed by atoms with Crippen LogP contribution in [-0.2, 0) is 4.79 Å². The van der Waals surface area contributed by atoms with Crippen LogP contribution in [0.3, 0.4) is 0 Å². The van der Waals surface area contributed by atoms with Crippen LogP contribution in [0.4, 0.5) is 0 Å². The Morgan fingerprint density at radius 1 is 1.07 bits per heavy atom. The van der Waals surface area contributed by atoms with E-state index in [0.29, 0.717) is 10.8 Å². The molecule has 0 spiro atoms. The van der Waals surface area contributed by atoms with Gasteiger partial charge in [0, 0.05) is 5.02 Å². The number of primary amides is 1. The van der Waals surface area contributed by atoms with Crippen LogP contribution in [0.5, 0.6) is 17.2 Å². The van der Waals surface area contributed by atoms with Crippen LogP contribution in [0.1, 0.15) is 41.3 Å². The van der Waals surface area contributed by atoms with Crippen molar-refractivity contribution in [2.45, 2.75) is 26.7 Å². The molecule has 0 atom stereocenters. The van der Waals surface area contributed by atoms with Crippen LogP contribution in [0, 0.1) is 6.92 Å². The Labute approximate surface area is 173 Å². The van der Waals surface area contributed by atoms with Crippen LogP contribution in [-0.4, -0.2) is 25.6 Å². The highest BCUT2D eigenvalue weighted by Gasteiger charge is 2.20. The Kier molecular flexibility index (Phi) is 7.16. The van der Waals surface area contributed by atoms with Gasteiger partial charge in [0.1, 0.15) is 5.75 Å². The molecule has 0 bridgehead atoms. The van der Waals surface area contributed by atoms with E-state index >= 15 is 0 Å². The van der Waals surface area contributed by atoms with Crippen molar-refractivity contribution in [3.05, 3.63) is 51.0 Å². The lowest BCUT2D eigenvalue weighted by molar-refractivity contribution is -0.119. The van der Waals surface area contributed by atoms with Gasteiger partial charge >= 0.3 is 5.97 Å². The predicted octanol–water partition coefficient (Wildman–Crippen LogP) is 4.52. The van der Waals surface area contributed by atoms with E-state index in [-0.39, 0.29) is 34.6 Å². The van der Waals surface area contributed by atoms with E-state index < -0.39 is 11.9 Å². The van der Waals surface area contributed by atoms with Crippen LogP contribution in [0.15, 0.2) is 24.3 Å². The van der Waals surface area contributed by atoms with Gasteiger partial charge in [-0.2, -0.15) is 0 Å². The first-order valence-corrected chi connectivity index (χ1v) is 9.20. The second kappa shape index (κ2) is 9.17. The molecule has 0 unspecified atom stereocenters. The van der Waals surface area contributed by atoms with Crippen molar-refractivity contribution in [1.29, 1.82) is 0 Å². The molecule has 0 aliphatic carbocycles. The highest BCUT2D eigenvalue weighted by Crippen LogP contribution is 2.37. The average Bonchev–Trinajstić information content (AvgIpc) is 2.62. The van der Waals surface area contributed by atoms with Crippen molar-refractivity contribution in [2.75, 3.05) is 13.7 Å². The number of halogens is 2. The second-order valence-electron chi connectivity index (χ2n) is 6.43. The second-order valence-corrected chi connectivity index (χ2v) is 7.24. The lowest BCUT2D eigenvalue weighted by Crippen LogP contribution is -2.20. The molecule has 2 aromatic rings. The fraction of sp³-hybridized carbons (Fsp3) is 0.300. The number of rotatable bonds is 7. The molecule has 8 heteroatoms. The van der Waals surface area contributed by atoms with Crippen LogP contribution < -0.4 is 19.9 Å². The first-order valence-electron chi connectivity index (χ1n) is 8.44. The number of hydrogen-bond donors (Lipinski definition) is 1. The minimum atomic E-state index is -0.666. The summed E-state index contributed by atoms with van der Waals surface area (Å²) in [5.74, 6) is -0.470. The molecule has 28 heavy (non-hydrogen) atoms. The summed E-state index contributed by atoms with van der Waals surface area (Å²) >= 11 is 12.4. The fourth-order valence-electron chi connectivity index (χ4n) is 2.49. The molecule has 2 rings (SSSR count). The maximum atomic E-state index is 12.7. The number of esters is 1. The quantitative estimate of drug-likeness (QED) is 0.520. The summed E-state index contributed by atoms with van der Waals surface area (Å²) in [4.78, 5) is 23.6. The summed E-state index contributed by atoms with van der Waals surface area (Å²) in [5.41, 5.74) is 6.84. The monoisotopic (exact) mass is 425 g/mol. The molecule has 2 aromatic carbocycles. The van der Waals surface area contributed by atoms with E-state index in [9.17, 15) is 9.59 Å². The number of carbonyl (C=O) groups excluding carboxylic acids is 2. The average molecular weight is 426 g/mol. The fourth-order valence-corrected chi connectivity index (χ4v) is 2.93. The van der Waals surface area contributed by atoms with Gasteiger partial charge in [-0.1, -0.05) is 37.0 Å². The molecular formula is C20H21Cl2NO5. The topological polar surface area (TPSA) is 87.8 Å². The Morgan fingerprint density at radius 3 is 2.32 bits per heavy atom. The molecule has 0 saturated carbocycles. The zero-order valence-corrected chi connectivity index (χ0v) is 17.5. The van der Waals surface area contributed by atoms with Crippen molar-refractivity contribution in [1.82, 2.24) is 0 Å². The summed E-state index contributed by atoms with van der Waals surface area (Å²) in [6.45, 7) is 5.41. The predicted molar refractivity (Wildman–Crippen MR) is 108 cm³/mol. The number of ether oxygens (including phenoxy) is 3. The zero-order valence-electron chi connectivity index (χ0n) is 16.0. The van der Waals surface area contributed by atoms with E-state index in [1.165, 1.54) is 19.2 Å². The van der Waals surface area contributed by atoms with Crippen molar-refractivity contribution in [3.8, 4) is 17.2 Å². The lowest BCUT2D eigenvalue weighted by Gasteiger charge is -2.16. The first kappa shape index (κ1) is 21.9. The Balaban J connectivity index is 2.36. The number of benzene rings is 2. The molecule has 6 nitrogen and oxygen atoms in total. The minimum absolute atomic E-state index is 0.0870. The summed E-state index contributed by atoms with van der Waals surface area (Å²) in [6.07, 6.45) is 0. The van der Waals surface area contributed by atoms with Gasteiger partial charge in [0.05, 0.1) is 17.7 Å². The third-order valence-electron chi connectivity index (χ3n) is 3.94. The molecular weight excluding hydrogens is 405 g/mol. The smallest absolute Gasteiger partial charge is 0.343 e. The zero-order chi connectivity index (χ0) is 21.0. The van der Waals surface area contributed by atoms with E-state index in [0.717, 1.165) is 11.1 Å². The Bertz CT molecular complexity index is 912. The minimum Gasteiger partial charge on any atom is -0.493 e. The van der Waals surface area contributed by atoms with Crippen LogP contribution >= 0.6 is 23.2 Å². The van der Waals surface area contributed by atoms with Gasteiger partial charge in [0.25, 0.3) is 5.91 Å². The standard InChI is InChI=1S/C20H21Cl2NO5/c1-10(2)13-8-14(21)11(3)5-16(13)28-20(25)12-6-15(22)19(17(7-12)26-4)27-9-18(23)24/h5-8,10H,9H2,1-4H3,(H2,23,24). The van der Waals surface area contributed by atoms with Crippen molar-refractivity contribution in [2.24, 2.45) is 5.73 Å². The number of methoxy groups -OCH3 is 1. The van der Waals surface area contributed by atoms with Crippen molar-refractivity contribution in [3.63, 3.8) is 0 Å². The molecule has 0 aliphatic rings. The van der Waals surface area contributed by atoms with E-state index in [1.54, 1.807) is 12.1 Å². The normalized spacial score (nSPS) is 10.7. The van der Waals surface area contributed by atoms with Gasteiger partial charge in [-0.3, -0.25) is 4.79 Å². The van der Waals surface area contributed by atoms with Crippen molar-refractivity contribution < 1.29 is 23.8 Å². The Morgan fingerprint density at radius 2 is 1.75 bits per heavy atom. The molecule has 1 amide bonds. The van der Waals surface area contributed by atoms with E-state index in [1.807, 2.05) is 20.8 Å². The molecule has 0 saturated heterocycles. The molecule has 0 aliphatic heterocycles. The number of carbonyl (C=O) groups is 2. The number of nitrogens with two attached hydrogens (primary N) is 1.